The molecular formula is C19H22FNO3. The molecule has 0 aliphatic heterocycles. The van der Waals surface area contributed by atoms with E-state index in [4.69, 9.17) is 4.42 Å². The van der Waals surface area contributed by atoms with Crippen LogP contribution in [0.15, 0.2) is 40.8 Å². The van der Waals surface area contributed by atoms with Gasteiger partial charge in [-0.15, -0.1) is 0 Å². The molecule has 0 spiro atoms. The second-order valence-corrected chi connectivity index (χ2v) is 6.04. The summed E-state index contributed by atoms with van der Waals surface area (Å²) in [5, 5.41) is 13.2. The molecular weight excluding hydrogens is 309 g/mol. The molecule has 5 heteroatoms. The topological polar surface area (TPSA) is 62.5 Å². The lowest BCUT2D eigenvalue weighted by Crippen LogP contribution is -2.38. The van der Waals surface area contributed by atoms with Crippen LogP contribution in [0.3, 0.4) is 0 Å². The van der Waals surface area contributed by atoms with Gasteiger partial charge in [-0.05, 0) is 44.5 Å². The predicted octanol–water partition coefficient (Wildman–Crippen LogP) is 3.46. The van der Waals surface area contributed by atoms with Crippen LogP contribution in [0.25, 0.3) is 6.08 Å². The van der Waals surface area contributed by atoms with E-state index in [1.54, 1.807) is 44.2 Å². The first kappa shape index (κ1) is 17.9. The second-order valence-electron chi connectivity index (χ2n) is 6.04. The fourth-order valence-corrected chi connectivity index (χ4v) is 2.48. The minimum Gasteiger partial charge on any atom is -0.466 e. The van der Waals surface area contributed by atoms with Crippen molar-refractivity contribution in [2.75, 3.05) is 6.54 Å². The van der Waals surface area contributed by atoms with Crippen LogP contribution in [0.4, 0.5) is 4.39 Å². The molecule has 1 aromatic carbocycles. The number of aryl methyl sites for hydroxylation is 2. The predicted molar refractivity (Wildman–Crippen MR) is 90.8 cm³/mol. The molecule has 2 N–H and O–H groups in total. The van der Waals surface area contributed by atoms with Crippen molar-refractivity contribution in [2.45, 2.75) is 32.8 Å². The zero-order chi connectivity index (χ0) is 17.7. The third-order valence-electron chi connectivity index (χ3n) is 3.73. The molecule has 24 heavy (non-hydrogen) atoms. The van der Waals surface area contributed by atoms with Gasteiger partial charge in [0.05, 0.1) is 6.54 Å². The van der Waals surface area contributed by atoms with Crippen LogP contribution < -0.4 is 5.32 Å². The summed E-state index contributed by atoms with van der Waals surface area (Å²) in [5.41, 5.74) is 0.292. The standard InChI is InChI=1S/C19H22FNO3/c1-13-11-17(14(2)24-13)19(3,23)12-21-18(22)6-4-5-15-7-9-16(20)10-8-15/h4-5,7-11,23H,6,12H2,1-3H3,(H,21,22). The highest BCUT2D eigenvalue weighted by Gasteiger charge is 2.27. The van der Waals surface area contributed by atoms with E-state index in [9.17, 15) is 14.3 Å². The van der Waals surface area contributed by atoms with Crippen molar-refractivity contribution in [1.82, 2.24) is 5.32 Å². The van der Waals surface area contributed by atoms with Crippen molar-refractivity contribution in [3.05, 3.63) is 64.9 Å². The number of hydrogen-bond donors (Lipinski definition) is 2. The van der Waals surface area contributed by atoms with E-state index in [1.807, 2.05) is 6.92 Å². The molecule has 1 unspecified atom stereocenters. The Labute approximate surface area is 141 Å². The Morgan fingerprint density at radius 3 is 2.58 bits per heavy atom. The zero-order valence-electron chi connectivity index (χ0n) is 14.1. The van der Waals surface area contributed by atoms with E-state index in [0.717, 1.165) is 11.3 Å². The summed E-state index contributed by atoms with van der Waals surface area (Å²) < 4.78 is 18.2. The SMILES string of the molecule is Cc1cc(C(C)(O)CNC(=O)CC=Cc2ccc(F)cc2)c(C)o1. The number of aliphatic hydroxyl groups is 1. The van der Waals surface area contributed by atoms with Gasteiger partial charge in [-0.25, -0.2) is 4.39 Å². The number of nitrogens with one attached hydrogen (secondary N) is 1. The van der Waals surface area contributed by atoms with E-state index in [2.05, 4.69) is 5.32 Å². The van der Waals surface area contributed by atoms with E-state index < -0.39 is 5.60 Å². The first-order valence-electron chi connectivity index (χ1n) is 7.76. The van der Waals surface area contributed by atoms with E-state index in [0.29, 0.717) is 11.3 Å². The smallest absolute Gasteiger partial charge is 0.223 e. The highest BCUT2D eigenvalue weighted by molar-refractivity contribution is 5.78. The first-order valence-corrected chi connectivity index (χ1v) is 7.76. The van der Waals surface area contributed by atoms with E-state index >= 15 is 0 Å². The molecule has 2 aromatic rings. The van der Waals surface area contributed by atoms with Crippen LogP contribution in [0, 0.1) is 19.7 Å². The average molecular weight is 331 g/mol. The number of hydrogen-bond acceptors (Lipinski definition) is 3. The van der Waals surface area contributed by atoms with Crippen molar-refractivity contribution < 1.29 is 18.7 Å². The van der Waals surface area contributed by atoms with Crippen LogP contribution in [-0.4, -0.2) is 17.6 Å². The molecule has 2 rings (SSSR count). The molecule has 1 atom stereocenters. The van der Waals surface area contributed by atoms with Gasteiger partial charge in [-0.2, -0.15) is 0 Å². The normalized spacial score (nSPS) is 13.9. The summed E-state index contributed by atoms with van der Waals surface area (Å²) in [6, 6.07) is 7.78. The van der Waals surface area contributed by atoms with Crippen LogP contribution in [-0.2, 0) is 10.4 Å². The van der Waals surface area contributed by atoms with Crippen LogP contribution in [0.1, 0.15) is 36.0 Å². The molecule has 0 saturated heterocycles. The third-order valence-corrected chi connectivity index (χ3v) is 3.73. The lowest BCUT2D eigenvalue weighted by molar-refractivity contribution is -0.121. The number of carbonyl (C=O) groups is 1. The van der Waals surface area contributed by atoms with Gasteiger partial charge in [-0.3, -0.25) is 4.79 Å². The van der Waals surface area contributed by atoms with E-state index in [1.165, 1.54) is 12.1 Å². The van der Waals surface area contributed by atoms with Crippen molar-refractivity contribution >= 4 is 12.0 Å². The second kappa shape index (κ2) is 7.45. The summed E-state index contributed by atoms with van der Waals surface area (Å²) in [7, 11) is 0. The van der Waals surface area contributed by atoms with Crippen molar-refractivity contribution in [1.29, 1.82) is 0 Å². The maximum absolute atomic E-state index is 12.8. The monoisotopic (exact) mass is 331 g/mol. The quantitative estimate of drug-likeness (QED) is 0.852. The number of carbonyl (C=O) groups excluding carboxylic acids is 1. The lowest BCUT2D eigenvalue weighted by atomic mass is 9.96. The summed E-state index contributed by atoms with van der Waals surface area (Å²) in [4.78, 5) is 11.9. The molecule has 0 fully saturated rings. The maximum atomic E-state index is 12.8. The van der Waals surface area contributed by atoms with Crippen LogP contribution in [0.5, 0.6) is 0 Å². The fraction of sp³-hybridized carbons (Fsp3) is 0.316. The summed E-state index contributed by atoms with van der Waals surface area (Å²) >= 11 is 0. The molecule has 1 aromatic heterocycles. The average Bonchev–Trinajstić information content (AvgIpc) is 2.87. The molecule has 0 saturated carbocycles. The van der Waals surface area contributed by atoms with Crippen molar-refractivity contribution in [3.8, 4) is 0 Å². The summed E-state index contributed by atoms with van der Waals surface area (Å²) in [6.45, 7) is 5.32. The molecule has 0 radical (unpaired) electrons. The minimum atomic E-state index is -1.20. The number of rotatable bonds is 6. The van der Waals surface area contributed by atoms with Gasteiger partial charge < -0.3 is 14.8 Å². The van der Waals surface area contributed by atoms with Gasteiger partial charge in [0.1, 0.15) is 22.9 Å². The Kier molecular flexibility index (Phi) is 5.57. The van der Waals surface area contributed by atoms with Crippen molar-refractivity contribution in [2.24, 2.45) is 0 Å². The van der Waals surface area contributed by atoms with Crippen LogP contribution >= 0.6 is 0 Å². The van der Waals surface area contributed by atoms with Gasteiger partial charge in [0, 0.05) is 12.0 Å². The van der Waals surface area contributed by atoms with Gasteiger partial charge in [-0.1, -0.05) is 24.3 Å². The summed E-state index contributed by atoms with van der Waals surface area (Å²) in [5.74, 6) is 0.864. The molecule has 0 aliphatic carbocycles. The molecule has 128 valence electrons. The Morgan fingerprint density at radius 1 is 1.33 bits per heavy atom. The molecule has 0 aliphatic rings. The zero-order valence-corrected chi connectivity index (χ0v) is 14.1. The van der Waals surface area contributed by atoms with E-state index in [-0.39, 0.29) is 24.7 Å². The molecule has 0 bridgehead atoms. The van der Waals surface area contributed by atoms with Gasteiger partial charge >= 0.3 is 0 Å². The number of furan rings is 1. The Hall–Kier alpha value is -2.40. The van der Waals surface area contributed by atoms with Gasteiger partial charge in [0.25, 0.3) is 0 Å². The fourth-order valence-electron chi connectivity index (χ4n) is 2.48. The van der Waals surface area contributed by atoms with Crippen LogP contribution in [0.2, 0.25) is 0 Å². The Morgan fingerprint density at radius 2 is 2.00 bits per heavy atom. The largest absolute Gasteiger partial charge is 0.466 e. The molecule has 1 heterocycles. The molecule has 1 amide bonds. The Balaban J connectivity index is 1.86. The van der Waals surface area contributed by atoms with Crippen molar-refractivity contribution in [3.63, 3.8) is 0 Å². The number of halogens is 1. The number of amides is 1. The minimum absolute atomic E-state index is 0.0933. The maximum Gasteiger partial charge on any atom is 0.223 e. The third kappa shape index (κ3) is 4.80. The first-order chi connectivity index (χ1) is 11.3. The highest BCUT2D eigenvalue weighted by atomic mass is 19.1. The summed E-state index contributed by atoms with van der Waals surface area (Å²) in [6.07, 6.45) is 3.63. The highest BCUT2D eigenvalue weighted by Crippen LogP contribution is 2.26. The molecule has 4 nitrogen and oxygen atoms in total. The van der Waals surface area contributed by atoms with Gasteiger partial charge in [0.15, 0.2) is 0 Å². The lowest BCUT2D eigenvalue weighted by Gasteiger charge is -2.23. The van der Waals surface area contributed by atoms with Gasteiger partial charge in [0.2, 0.25) is 5.91 Å². The Bertz CT molecular complexity index is 730. The number of benzene rings is 1.